The summed E-state index contributed by atoms with van der Waals surface area (Å²) in [7, 11) is 0. The second kappa shape index (κ2) is 4.11. The maximum Gasteiger partial charge on any atom is 0.187 e. The van der Waals surface area contributed by atoms with Crippen LogP contribution in [0.3, 0.4) is 0 Å². The summed E-state index contributed by atoms with van der Waals surface area (Å²) in [6.45, 7) is 2.14. The Morgan fingerprint density at radius 3 is 2.62 bits per heavy atom. The smallest absolute Gasteiger partial charge is 0.187 e. The average molecular weight is 114 g/mol. The lowest BCUT2D eigenvalue weighted by Gasteiger charge is -1.85. The lowest BCUT2D eigenvalue weighted by atomic mass is 10.9. The number of hydrogen-bond acceptors (Lipinski definition) is 2. The Labute approximate surface area is 48.3 Å². The van der Waals surface area contributed by atoms with E-state index in [1.807, 2.05) is 6.92 Å². The standard InChI is InChI=1S/C4H10N4/c1-2-7-3-8-4(5)6/h2H,3H2,1H3,(H4,5,6,8)/b7-2+. The molecule has 8 heavy (non-hydrogen) atoms. The van der Waals surface area contributed by atoms with Gasteiger partial charge in [-0.1, -0.05) is 0 Å². The van der Waals surface area contributed by atoms with E-state index in [4.69, 9.17) is 11.5 Å². The molecular formula is C4H10N4. The summed E-state index contributed by atoms with van der Waals surface area (Å²) in [4.78, 5) is 7.33. The van der Waals surface area contributed by atoms with Gasteiger partial charge in [0.25, 0.3) is 0 Å². The second-order valence-corrected chi connectivity index (χ2v) is 1.17. The van der Waals surface area contributed by atoms with Gasteiger partial charge in [0, 0.05) is 0 Å². The summed E-state index contributed by atoms with van der Waals surface area (Å²) in [6.07, 6.45) is 1.65. The molecule has 0 aliphatic carbocycles. The van der Waals surface area contributed by atoms with Crippen LogP contribution in [0.5, 0.6) is 0 Å². The Morgan fingerprint density at radius 2 is 2.25 bits per heavy atom. The molecule has 0 saturated heterocycles. The first-order valence-corrected chi connectivity index (χ1v) is 2.27. The van der Waals surface area contributed by atoms with Crippen molar-refractivity contribution < 1.29 is 0 Å². The average Bonchev–Trinajstić information content (AvgIpc) is 1.66. The topological polar surface area (TPSA) is 76.8 Å². The van der Waals surface area contributed by atoms with Crippen LogP contribution in [-0.4, -0.2) is 18.8 Å². The van der Waals surface area contributed by atoms with Crippen molar-refractivity contribution in [2.24, 2.45) is 21.5 Å². The summed E-state index contributed by atoms with van der Waals surface area (Å²) in [5.41, 5.74) is 9.97. The Kier molecular flexibility index (Phi) is 3.56. The van der Waals surface area contributed by atoms with E-state index in [2.05, 4.69) is 9.98 Å². The third kappa shape index (κ3) is 4.94. The minimum atomic E-state index is 0.0793. The van der Waals surface area contributed by atoms with E-state index in [0.29, 0.717) is 6.67 Å². The molecule has 4 nitrogen and oxygen atoms in total. The van der Waals surface area contributed by atoms with E-state index in [-0.39, 0.29) is 5.96 Å². The molecule has 0 aromatic heterocycles. The van der Waals surface area contributed by atoms with Gasteiger partial charge in [0.05, 0.1) is 0 Å². The van der Waals surface area contributed by atoms with Crippen LogP contribution >= 0.6 is 0 Å². The van der Waals surface area contributed by atoms with Gasteiger partial charge < -0.3 is 11.5 Å². The molecule has 0 fully saturated rings. The molecule has 0 saturated carbocycles. The quantitative estimate of drug-likeness (QED) is 0.368. The second-order valence-electron chi connectivity index (χ2n) is 1.17. The van der Waals surface area contributed by atoms with Crippen LogP contribution in [0.2, 0.25) is 0 Å². The summed E-state index contributed by atoms with van der Waals surface area (Å²) < 4.78 is 0. The molecule has 4 N–H and O–H groups in total. The maximum atomic E-state index is 4.99. The first-order valence-electron chi connectivity index (χ1n) is 2.27. The number of aliphatic imine (C=N–C) groups is 2. The zero-order valence-electron chi connectivity index (χ0n) is 4.83. The minimum Gasteiger partial charge on any atom is -0.370 e. The molecule has 0 unspecified atom stereocenters. The van der Waals surface area contributed by atoms with Crippen LogP contribution in [0.1, 0.15) is 6.92 Å². The van der Waals surface area contributed by atoms with Gasteiger partial charge in [0.2, 0.25) is 0 Å². The van der Waals surface area contributed by atoms with Crippen molar-refractivity contribution in [3.8, 4) is 0 Å². The van der Waals surface area contributed by atoms with E-state index in [1.165, 1.54) is 0 Å². The van der Waals surface area contributed by atoms with E-state index in [0.717, 1.165) is 0 Å². The Morgan fingerprint density at radius 1 is 1.62 bits per heavy atom. The van der Waals surface area contributed by atoms with Crippen molar-refractivity contribution >= 4 is 12.2 Å². The minimum absolute atomic E-state index is 0.0793. The van der Waals surface area contributed by atoms with Crippen LogP contribution in [-0.2, 0) is 0 Å². The number of nitrogens with zero attached hydrogens (tertiary/aromatic N) is 2. The van der Waals surface area contributed by atoms with Gasteiger partial charge in [-0.15, -0.1) is 0 Å². The third-order valence-corrected chi connectivity index (χ3v) is 0.518. The van der Waals surface area contributed by atoms with Gasteiger partial charge in [-0.2, -0.15) is 0 Å². The van der Waals surface area contributed by atoms with E-state index < -0.39 is 0 Å². The molecule has 0 bridgehead atoms. The monoisotopic (exact) mass is 114 g/mol. The van der Waals surface area contributed by atoms with Gasteiger partial charge in [0.1, 0.15) is 6.67 Å². The molecule has 4 heteroatoms. The predicted molar refractivity (Wildman–Crippen MR) is 34.8 cm³/mol. The fraction of sp³-hybridized carbons (Fsp3) is 0.500. The van der Waals surface area contributed by atoms with E-state index in [1.54, 1.807) is 6.21 Å². The molecule has 0 aromatic rings. The molecule has 0 amide bonds. The Hall–Kier alpha value is -1.06. The fourth-order valence-corrected chi connectivity index (χ4v) is 0.204. The lowest BCUT2D eigenvalue weighted by Crippen LogP contribution is -2.22. The highest BCUT2D eigenvalue weighted by Crippen LogP contribution is 1.66. The van der Waals surface area contributed by atoms with Gasteiger partial charge in [-0.05, 0) is 13.1 Å². The highest BCUT2D eigenvalue weighted by atomic mass is 15.0. The molecule has 0 aromatic carbocycles. The Bertz CT molecular complexity index is 101. The van der Waals surface area contributed by atoms with Crippen LogP contribution in [0.15, 0.2) is 9.98 Å². The Balaban J connectivity index is 3.30. The first-order chi connectivity index (χ1) is 3.77. The van der Waals surface area contributed by atoms with Crippen molar-refractivity contribution in [2.45, 2.75) is 6.92 Å². The number of nitrogens with two attached hydrogens (primary N) is 2. The third-order valence-electron chi connectivity index (χ3n) is 0.518. The van der Waals surface area contributed by atoms with Gasteiger partial charge >= 0.3 is 0 Å². The summed E-state index contributed by atoms with van der Waals surface area (Å²) >= 11 is 0. The van der Waals surface area contributed by atoms with Crippen molar-refractivity contribution in [3.05, 3.63) is 0 Å². The van der Waals surface area contributed by atoms with Crippen molar-refractivity contribution in [1.29, 1.82) is 0 Å². The lowest BCUT2D eigenvalue weighted by molar-refractivity contribution is 1.06. The van der Waals surface area contributed by atoms with Crippen LogP contribution in [0.4, 0.5) is 0 Å². The summed E-state index contributed by atoms with van der Waals surface area (Å²) in [5, 5.41) is 0. The summed E-state index contributed by atoms with van der Waals surface area (Å²) in [5.74, 6) is 0.0793. The normalized spacial score (nSPS) is 9.62. The van der Waals surface area contributed by atoms with Gasteiger partial charge in [0.15, 0.2) is 5.96 Å². The fourth-order valence-electron chi connectivity index (χ4n) is 0.204. The van der Waals surface area contributed by atoms with E-state index >= 15 is 0 Å². The van der Waals surface area contributed by atoms with Crippen molar-refractivity contribution in [3.63, 3.8) is 0 Å². The molecular weight excluding hydrogens is 104 g/mol. The molecule has 46 valence electrons. The highest BCUT2D eigenvalue weighted by Gasteiger charge is 1.72. The molecule has 0 spiro atoms. The SMILES string of the molecule is C/C=N/CN=C(N)N. The molecule has 0 rings (SSSR count). The molecule has 0 heterocycles. The van der Waals surface area contributed by atoms with Gasteiger partial charge in [-0.25, -0.2) is 4.99 Å². The molecule has 0 aliphatic rings. The highest BCUT2D eigenvalue weighted by molar-refractivity contribution is 5.75. The van der Waals surface area contributed by atoms with Crippen molar-refractivity contribution in [2.75, 3.05) is 6.67 Å². The number of rotatable bonds is 2. The molecule has 0 atom stereocenters. The van der Waals surface area contributed by atoms with Crippen LogP contribution in [0.25, 0.3) is 0 Å². The van der Waals surface area contributed by atoms with Crippen molar-refractivity contribution in [1.82, 2.24) is 0 Å². The zero-order valence-corrected chi connectivity index (χ0v) is 4.83. The molecule has 0 aliphatic heterocycles. The number of hydrogen-bond donors (Lipinski definition) is 2. The van der Waals surface area contributed by atoms with Crippen LogP contribution in [0, 0.1) is 0 Å². The van der Waals surface area contributed by atoms with Gasteiger partial charge in [-0.3, -0.25) is 4.99 Å². The first kappa shape index (κ1) is 6.94. The molecule has 0 radical (unpaired) electrons. The summed E-state index contributed by atoms with van der Waals surface area (Å²) in [6, 6.07) is 0. The maximum absolute atomic E-state index is 4.99. The predicted octanol–water partition coefficient (Wildman–Crippen LogP) is -0.692. The van der Waals surface area contributed by atoms with E-state index in [9.17, 15) is 0 Å². The number of guanidine groups is 1. The van der Waals surface area contributed by atoms with Crippen LogP contribution < -0.4 is 11.5 Å². The zero-order chi connectivity index (χ0) is 6.41. The largest absolute Gasteiger partial charge is 0.370 e.